The molecule has 0 atom stereocenters. The van der Waals surface area contributed by atoms with Crippen LogP contribution in [0.15, 0.2) is 24.4 Å². The average molecular weight is 240 g/mol. The summed E-state index contributed by atoms with van der Waals surface area (Å²) in [6.45, 7) is 1.94. The minimum atomic E-state index is 0.191. The van der Waals surface area contributed by atoms with Crippen LogP contribution in [-0.2, 0) is 0 Å². The first kappa shape index (κ1) is 11.9. The molecule has 0 aliphatic heterocycles. The van der Waals surface area contributed by atoms with Crippen LogP contribution in [0.1, 0.15) is 11.1 Å². The van der Waals surface area contributed by atoms with Crippen LogP contribution in [0.4, 0.5) is 5.82 Å². The highest BCUT2D eigenvalue weighted by Gasteiger charge is 2.07. The first-order chi connectivity index (χ1) is 8.65. The molecule has 0 aliphatic carbocycles. The predicted molar refractivity (Wildman–Crippen MR) is 67.9 cm³/mol. The Bertz CT molecular complexity index is 631. The standard InChI is InChI=1S/C13H12N4O/c1-8-5-9(3-4-11(8)18-2)13-16-7-10(6-14)12(15)17-13/h3-5,7H,1-2H3,(H2,15,16,17). The zero-order chi connectivity index (χ0) is 13.1. The van der Waals surface area contributed by atoms with Crippen molar-refractivity contribution in [2.75, 3.05) is 12.8 Å². The Morgan fingerprint density at radius 1 is 1.39 bits per heavy atom. The molecule has 5 nitrogen and oxygen atoms in total. The summed E-state index contributed by atoms with van der Waals surface area (Å²) in [6, 6.07) is 7.55. The van der Waals surface area contributed by atoms with Gasteiger partial charge in [0.2, 0.25) is 0 Å². The molecule has 2 aromatic rings. The van der Waals surface area contributed by atoms with Crippen LogP contribution in [0, 0.1) is 18.3 Å². The molecular formula is C13H12N4O. The van der Waals surface area contributed by atoms with Crippen molar-refractivity contribution < 1.29 is 4.74 Å². The molecule has 1 heterocycles. The lowest BCUT2D eigenvalue weighted by atomic mass is 10.1. The zero-order valence-corrected chi connectivity index (χ0v) is 10.1. The number of anilines is 1. The van der Waals surface area contributed by atoms with E-state index in [1.807, 2.05) is 31.2 Å². The highest BCUT2D eigenvalue weighted by molar-refractivity contribution is 5.61. The van der Waals surface area contributed by atoms with E-state index < -0.39 is 0 Å². The number of ether oxygens (including phenoxy) is 1. The van der Waals surface area contributed by atoms with Gasteiger partial charge in [-0.3, -0.25) is 0 Å². The van der Waals surface area contributed by atoms with Crippen LogP contribution < -0.4 is 10.5 Å². The van der Waals surface area contributed by atoms with E-state index in [1.54, 1.807) is 7.11 Å². The molecule has 18 heavy (non-hydrogen) atoms. The third-order valence-corrected chi connectivity index (χ3v) is 2.59. The molecule has 90 valence electrons. The van der Waals surface area contributed by atoms with E-state index in [1.165, 1.54) is 6.20 Å². The maximum atomic E-state index is 8.77. The van der Waals surface area contributed by atoms with Crippen LogP contribution in [0.25, 0.3) is 11.4 Å². The van der Waals surface area contributed by atoms with Crippen LogP contribution in [0.2, 0.25) is 0 Å². The largest absolute Gasteiger partial charge is 0.496 e. The first-order valence-electron chi connectivity index (χ1n) is 5.33. The van der Waals surface area contributed by atoms with Gasteiger partial charge in [-0.25, -0.2) is 9.97 Å². The minimum Gasteiger partial charge on any atom is -0.496 e. The number of nitrogen functional groups attached to an aromatic ring is 1. The Morgan fingerprint density at radius 2 is 2.17 bits per heavy atom. The second-order valence-electron chi connectivity index (χ2n) is 3.79. The highest BCUT2D eigenvalue weighted by Crippen LogP contribution is 2.24. The lowest BCUT2D eigenvalue weighted by Crippen LogP contribution is -1.99. The molecule has 0 bridgehead atoms. The number of benzene rings is 1. The Hall–Kier alpha value is -2.61. The van der Waals surface area contributed by atoms with Crippen LogP contribution in [0.5, 0.6) is 5.75 Å². The van der Waals surface area contributed by atoms with E-state index >= 15 is 0 Å². The van der Waals surface area contributed by atoms with Gasteiger partial charge in [-0.1, -0.05) is 0 Å². The summed E-state index contributed by atoms with van der Waals surface area (Å²) in [6.07, 6.45) is 1.43. The summed E-state index contributed by atoms with van der Waals surface area (Å²) in [5, 5.41) is 8.77. The summed E-state index contributed by atoms with van der Waals surface area (Å²) in [4.78, 5) is 8.24. The number of hydrogen-bond donors (Lipinski definition) is 1. The van der Waals surface area contributed by atoms with Gasteiger partial charge in [0, 0.05) is 5.56 Å². The number of methoxy groups -OCH3 is 1. The molecule has 0 saturated carbocycles. The van der Waals surface area contributed by atoms with Crippen molar-refractivity contribution in [2.45, 2.75) is 6.92 Å². The maximum absolute atomic E-state index is 8.77. The van der Waals surface area contributed by atoms with E-state index in [0.717, 1.165) is 16.9 Å². The van der Waals surface area contributed by atoms with E-state index in [2.05, 4.69) is 9.97 Å². The van der Waals surface area contributed by atoms with Crippen molar-refractivity contribution >= 4 is 5.82 Å². The van der Waals surface area contributed by atoms with Crippen LogP contribution in [-0.4, -0.2) is 17.1 Å². The number of rotatable bonds is 2. The van der Waals surface area contributed by atoms with Gasteiger partial charge in [0.1, 0.15) is 23.2 Å². The number of aryl methyl sites for hydroxylation is 1. The van der Waals surface area contributed by atoms with Crippen LogP contribution in [0.3, 0.4) is 0 Å². The Balaban J connectivity index is 2.46. The second-order valence-corrected chi connectivity index (χ2v) is 3.79. The third-order valence-electron chi connectivity index (χ3n) is 2.59. The average Bonchev–Trinajstić information content (AvgIpc) is 2.38. The molecule has 1 aromatic carbocycles. The minimum absolute atomic E-state index is 0.191. The van der Waals surface area contributed by atoms with Gasteiger partial charge in [0.05, 0.1) is 13.3 Å². The van der Waals surface area contributed by atoms with Crippen molar-refractivity contribution in [1.29, 1.82) is 5.26 Å². The molecular weight excluding hydrogens is 228 g/mol. The Labute approximate surface area is 105 Å². The van der Waals surface area contributed by atoms with Gasteiger partial charge in [-0.15, -0.1) is 0 Å². The molecule has 0 unspecified atom stereocenters. The number of nitrogens with zero attached hydrogens (tertiary/aromatic N) is 3. The number of nitrogens with two attached hydrogens (primary N) is 1. The fourth-order valence-corrected chi connectivity index (χ4v) is 1.64. The number of aromatic nitrogens is 2. The van der Waals surface area contributed by atoms with E-state index in [9.17, 15) is 0 Å². The van der Waals surface area contributed by atoms with Crippen molar-refractivity contribution in [3.8, 4) is 23.2 Å². The predicted octanol–water partition coefficient (Wildman–Crippen LogP) is 1.91. The van der Waals surface area contributed by atoms with Gasteiger partial charge >= 0.3 is 0 Å². The third kappa shape index (κ3) is 2.09. The maximum Gasteiger partial charge on any atom is 0.161 e. The van der Waals surface area contributed by atoms with Crippen molar-refractivity contribution in [1.82, 2.24) is 9.97 Å². The van der Waals surface area contributed by atoms with Crippen molar-refractivity contribution in [2.24, 2.45) is 0 Å². The summed E-state index contributed by atoms with van der Waals surface area (Å²) < 4.78 is 5.19. The van der Waals surface area contributed by atoms with Gasteiger partial charge in [-0.2, -0.15) is 5.26 Å². The smallest absolute Gasteiger partial charge is 0.161 e. The summed E-state index contributed by atoms with van der Waals surface area (Å²) in [5.74, 6) is 1.49. The first-order valence-corrected chi connectivity index (χ1v) is 5.33. The van der Waals surface area contributed by atoms with E-state index in [4.69, 9.17) is 15.7 Å². The van der Waals surface area contributed by atoms with Crippen LogP contribution >= 0.6 is 0 Å². The van der Waals surface area contributed by atoms with E-state index in [0.29, 0.717) is 5.82 Å². The summed E-state index contributed by atoms with van der Waals surface area (Å²) in [5.41, 5.74) is 7.77. The van der Waals surface area contributed by atoms with Crippen molar-refractivity contribution in [3.63, 3.8) is 0 Å². The molecule has 0 spiro atoms. The molecule has 0 saturated heterocycles. The fourth-order valence-electron chi connectivity index (χ4n) is 1.64. The monoisotopic (exact) mass is 240 g/mol. The molecule has 0 amide bonds. The van der Waals surface area contributed by atoms with Gasteiger partial charge < -0.3 is 10.5 Å². The topological polar surface area (TPSA) is 84.8 Å². The summed E-state index contributed by atoms with van der Waals surface area (Å²) in [7, 11) is 1.62. The summed E-state index contributed by atoms with van der Waals surface area (Å²) >= 11 is 0. The van der Waals surface area contributed by atoms with E-state index in [-0.39, 0.29) is 11.4 Å². The normalized spacial score (nSPS) is 9.83. The molecule has 2 rings (SSSR count). The number of hydrogen-bond acceptors (Lipinski definition) is 5. The highest BCUT2D eigenvalue weighted by atomic mass is 16.5. The second kappa shape index (κ2) is 4.72. The Morgan fingerprint density at radius 3 is 2.72 bits per heavy atom. The molecule has 5 heteroatoms. The van der Waals surface area contributed by atoms with Gasteiger partial charge in [-0.05, 0) is 30.7 Å². The lowest BCUT2D eigenvalue weighted by molar-refractivity contribution is 0.412. The zero-order valence-electron chi connectivity index (χ0n) is 10.1. The molecule has 2 N–H and O–H groups in total. The molecule has 0 fully saturated rings. The fraction of sp³-hybridized carbons (Fsp3) is 0.154. The van der Waals surface area contributed by atoms with Crippen molar-refractivity contribution in [3.05, 3.63) is 35.5 Å². The Kier molecular flexibility index (Phi) is 3.11. The molecule has 0 aliphatic rings. The number of nitriles is 1. The van der Waals surface area contributed by atoms with Gasteiger partial charge in [0.25, 0.3) is 0 Å². The molecule has 0 radical (unpaired) electrons. The molecule has 1 aromatic heterocycles. The lowest BCUT2D eigenvalue weighted by Gasteiger charge is -2.07. The van der Waals surface area contributed by atoms with Gasteiger partial charge in [0.15, 0.2) is 5.82 Å². The quantitative estimate of drug-likeness (QED) is 0.866. The SMILES string of the molecule is COc1ccc(-c2ncc(C#N)c(N)n2)cc1C.